The van der Waals surface area contributed by atoms with Gasteiger partial charge in [0.2, 0.25) is 5.91 Å². The van der Waals surface area contributed by atoms with Crippen molar-refractivity contribution in [2.24, 2.45) is 0 Å². The Balaban J connectivity index is 1.85. The maximum Gasteiger partial charge on any atom is 0.294 e. The van der Waals surface area contributed by atoms with Crippen LogP contribution in [0.15, 0.2) is 71.7 Å². The van der Waals surface area contributed by atoms with E-state index in [4.69, 9.17) is 0 Å². The highest BCUT2D eigenvalue weighted by atomic mass is 19.1. The molecule has 11 heteroatoms. The first-order valence-electron chi connectivity index (χ1n) is 13.0. The molecule has 4 rings (SSSR count). The van der Waals surface area contributed by atoms with E-state index < -0.39 is 34.9 Å². The summed E-state index contributed by atoms with van der Waals surface area (Å²) in [5, 5.41) is 7.88. The molecule has 9 nitrogen and oxygen atoms in total. The third kappa shape index (κ3) is 6.31. The fourth-order valence-corrected chi connectivity index (χ4v) is 4.42. The molecule has 3 N–H and O–H groups in total. The van der Waals surface area contributed by atoms with Crippen LogP contribution in [0.2, 0.25) is 0 Å². The largest absolute Gasteiger partial charge is 0.355 e. The third-order valence-electron chi connectivity index (χ3n) is 6.87. The molecular weight excluding hydrogens is 544 g/mol. The topological polar surface area (TPSA) is 122 Å². The Morgan fingerprint density at radius 1 is 0.952 bits per heavy atom. The first-order valence-corrected chi connectivity index (χ1v) is 13.0. The van der Waals surface area contributed by atoms with Crippen molar-refractivity contribution < 1.29 is 23.2 Å². The monoisotopic (exact) mass is 573 g/mol. The van der Waals surface area contributed by atoms with E-state index in [2.05, 4.69) is 20.9 Å². The molecule has 42 heavy (non-hydrogen) atoms. The first kappa shape index (κ1) is 29.9. The molecule has 216 valence electrons. The molecule has 0 unspecified atom stereocenters. The van der Waals surface area contributed by atoms with Gasteiger partial charge in [-0.1, -0.05) is 12.1 Å². The number of halogens is 2. The van der Waals surface area contributed by atoms with Gasteiger partial charge in [0.15, 0.2) is 11.6 Å². The maximum absolute atomic E-state index is 14.8. The number of benzene rings is 3. The van der Waals surface area contributed by atoms with Crippen molar-refractivity contribution in [3.63, 3.8) is 0 Å². The van der Waals surface area contributed by atoms with Gasteiger partial charge in [0.05, 0.1) is 24.5 Å². The molecule has 0 aliphatic carbocycles. The third-order valence-corrected chi connectivity index (χ3v) is 6.87. The minimum Gasteiger partial charge on any atom is -0.355 e. The van der Waals surface area contributed by atoms with Crippen molar-refractivity contribution in [2.45, 2.75) is 26.4 Å². The van der Waals surface area contributed by atoms with Crippen molar-refractivity contribution in [1.82, 2.24) is 20.2 Å². The summed E-state index contributed by atoms with van der Waals surface area (Å²) in [6.07, 6.45) is 1.39. The van der Waals surface area contributed by atoms with Gasteiger partial charge in [-0.05, 0) is 80.6 Å². The Morgan fingerprint density at radius 3 is 2.33 bits per heavy atom. The average molecular weight is 574 g/mol. The molecule has 0 saturated heterocycles. The lowest BCUT2D eigenvalue weighted by Gasteiger charge is -2.18. The second-order valence-corrected chi connectivity index (χ2v) is 9.62. The molecule has 1 aromatic heterocycles. The van der Waals surface area contributed by atoms with Crippen LogP contribution >= 0.6 is 0 Å². The normalized spacial score (nSPS) is 11.6. The summed E-state index contributed by atoms with van der Waals surface area (Å²) in [6, 6.07) is 13.0. The van der Waals surface area contributed by atoms with Crippen molar-refractivity contribution in [2.75, 3.05) is 19.4 Å². The lowest BCUT2D eigenvalue weighted by Crippen LogP contribution is -2.38. The summed E-state index contributed by atoms with van der Waals surface area (Å²) < 4.78 is 29.5. The van der Waals surface area contributed by atoms with E-state index >= 15 is 0 Å². The molecule has 0 aliphatic rings. The van der Waals surface area contributed by atoms with Gasteiger partial charge in [0.1, 0.15) is 11.6 Å². The van der Waals surface area contributed by atoms with Crippen LogP contribution in [0.3, 0.4) is 0 Å². The number of rotatable bonds is 9. The van der Waals surface area contributed by atoms with Gasteiger partial charge in [0.25, 0.3) is 11.5 Å². The van der Waals surface area contributed by atoms with Crippen LogP contribution in [0.5, 0.6) is 0 Å². The van der Waals surface area contributed by atoms with Crippen molar-refractivity contribution in [3.05, 3.63) is 117 Å². The summed E-state index contributed by atoms with van der Waals surface area (Å²) in [6.45, 7) is 3.13. The van der Waals surface area contributed by atoms with Crippen molar-refractivity contribution in [1.29, 1.82) is 0 Å². The molecule has 1 atom stereocenters. The zero-order chi connectivity index (χ0) is 30.6. The van der Waals surface area contributed by atoms with Gasteiger partial charge in [0, 0.05) is 29.3 Å². The molecule has 0 radical (unpaired) electrons. The molecular formula is C31H29F2N5O4. The van der Waals surface area contributed by atoms with Crippen LogP contribution in [0.25, 0.3) is 11.3 Å². The minimum absolute atomic E-state index is 0.00873. The predicted octanol–water partition coefficient (Wildman–Crippen LogP) is 3.68. The zero-order valence-electron chi connectivity index (χ0n) is 23.4. The number of amides is 2. The van der Waals surface area contributed by atoms with Gasteiger partial charge in [-0.2, -0.15) is 0 Å². The predicted molar refractivity (Wildman–Crippen MR) is 155 cm³/mol. The summed E-state index contributed by atoms with van der Waals surface area (Å²) in [7, 11) is 3.10. The van der Waals surface area contributed by atoms with E-state index in [-0.39, 0.29) is 35.0 Å². The van der Waals surface area contributed by atoms with Crippen LogP contribution in [0.1, 0.15) is 44.3 Å². The number of aromatic nitrogens is 2. The Hall–Kier alpha value is -5.03. The standard InChI is InChI=1S/C31H29F2N5O4/c1-17-24(6-5-7-25(17)30(41)35-4)26-15-36-28(37-29(40)18(2)34-3)31(42)38(26)16-19-12-21(14-23(33)13-19)27(39)20-8-10-22(32)11-9-20/h5-15,18,34H,16H2,1-4H3,(H,35,41)(H,36,37,40)/t18-/m0/s1. The van der Waals surface area contributed by atoms with Crippen LogP contribution in [0.4, 0.5) is 14.6 Å². The maximum atomic E-state index is 14.8. The molecule has 0 spiro atoms. The lowest BCUT2D eigenvalue weighted by atomic mass is 9.98. The highest BCUT2D eigenvalue weighted by Crippen LogP contribution is 2.26. The number of carbonyl (C=O) groups excluding carboxylic acids is 3. The lowest BCUT2D eigenvalue weighted by molar-refractivity contribution is -0.117. The fourth-order valence-electron chi connectivity index (χ4n) is 4.42. The number of carbonyl (C=O) groups is 3. The molecule has 0 aliphatic heterocycles. The summed E-state index contributed by atoms with van der Waals surface area (Å²) in [5.74, 6) is -2.81. The number of anilines is 1. The molecule has 0 saturated carbocycles. The molecule has 1 heterocycles. The number of likely N-dealkylation sites (N-methyl/N-ethyl adjacent to an activating group) is 1. The van der Waals surface area contributed by atoms with E-state index in [9.17, 15) is 28.0 Å². The number of hydrogen-bond donors (Lipinski definition) is 3. The molecule has 4 aromatic rings. The molecule has 2 amide bonds. The quantitative estimate of drug-likeness (QED) is 0.263. The fraction of sp³-hybridized carbons (Fsp3) is 0.194. The second-order valence-electron chi connectivity index (χ2n) is 9.62. The Kier molecular flexibility index (Phi) is 9.02. The zero-order valence-corrected chi connectivity index (χ0v) is 23.4. The van der Waals surface area contributed by atoms with Crippen LogP contribution in [-0.2, 0) is 11.3 Å². The van der Waals surface area contributed by atoms with E-state index in [0.29, 0.717) is 22.4 Å². The highest BCUT2D eigenvalue weighted by Gasteiger charge is 2.20. The van der Waals surface area contributed by atoms with Gasteiger partial charge in [-0.15, -0.1) is 0 Å². The first-order chi connectivity index (χ1) is 20.0. The van der Waals surface area contributed by atoms with Gasteiger partial charge in [-0.25, -0.2) is 13.8 Å². The minimum atomic E-state index is -0.712. The van der Waals surface area contributed by atoms with E-state index in [1.165, 1.54) is 42.1 Å². The molecule has 0 fully saturated rings. The Morgan fingerprint density at radius 2 is 1.67 bits per heavy atom. The van der Waals surface area contributed by atoms with Crippen LogP contribution in [-0.4, -0.2) is 47.3 Å². The molecule has 0 bridgehead atoms. The number of nitrogens with one attached hydrogen (secondary N) is 3. The number of hydrogen-bond acceptors (Lipinski definition) is 6. The highest BCUT2D eigenvalue weighted by molar-refractivity contribution is 6.09. The smallest absolute Gasteiger partial charge is 0.294 e. The number of ketones is 1. The summed E-state index contributed by atoms with van der Waals surface area (Å²) in [4.78, 5) is 56.0. The Bertz CT molecular complexity index is 1730. The van der Waals surface area contributed by atoms with E-state index in [0.717, 1.165) is 18.2 Å². The summed E-state index contributed by atoms with van der Waals surface area (Å²) >= 11 is 0. The van der Waals surface area contributed by atoms with E-state index in [1.807, 2.05) is 0 Å². The van der Waals surface area contributed by atoms with Crippen molar-refractivity contribution >= 4 is 23.4 Å². The van der Waals surface area contributed by atoms with Crippen LogP contribution in [0, 0.1) is 18.6 Å². The van der Waals surface area contributed by atoms with Crippen molar-refractivity contribution in [3.8, 4) is 11.3 Å². The van der Waals surface area contributed by atoms with Gasteiger partial charge >= 0.3 is 0 Å². The second kappa shape index (κ2) is 12.6. The van der Waals surface area contributed by atoms with E-state index in [1.54, 1.807) is 39.1 Å². The van der Waals surface area contributed by atoms with Gasteiger partial charge < -0.3 is 16.0 Å². The molecule has 3 aromatic carbocycles. The van der Waals surface area contributed by atoms with Gasteiger partial charge in [-0.3, -0.25) is 23.7 Å². The average Bonchev–Trinajstić information content (AvgIpc) is 2.98. The van der Waals surface area contributed by atoms with Crippen LogP contribution < -0.4 is 21.5 Å². The summed E-state index contributed by atoms with van der Waals surface area (Å²) in [5.41, 5.74) is 1.54. The SMILES string of the molecule is CNC(=O)c1cccc(-c2cnc(NC(=O)[C@H](C)NC)c(=O)n2Cc2cc(F)cc(C(=O)c3ccc(F)cc3)c2)c1C. The number of nitrogens with zero attached hydrogens (tertiary/aromatic N) is 2. The Labute approximate surface area is 240 Å².